The van der Waals surface area contributed by atoms with Crippen molar-refractivity contribution in [1.82, 2.24) is 5.32 Å². The molecule has 5 nitrogen and oxygen atoms in total. The van der Waals surface area contributed by atoms with E-state index in [-0.39, 0.29) is 30.2 Å². The van der Waals surface area contributed by atoms with E-state index >= 15 is 0 Å². The highest BCUT2D eigenvalue weighted by Crippen LogP contribution is 2.37. The summed E-state index contributed by atoms with van der Waals surface area (Å²) in [5.74, 6) is 0.538. The minimum atomic E-state index is 0.0206. The Bertz CT molecular complexity index is 331. The zero-order chi connectivity index (χ0) is 13.2. The normalized spacial score (nSPS) is 41.4. The molecule has 0 spiro atoms. The van der Waals surface area contributed by atoms with Crippen LogP contribution in [0.5, 0.6) is 0 Å². The van der Waals surface area contributed by atoms with Gasteiger partial charge in [0.25, 0.3) is 0 Å². The van der Waals surface area contributed by atoms with Crippen LogP contribution in [0.15, 0.2) is 0 Å². The molecule has 2 aliphatic heterocycles. The second-order valence-corrected chi connectivity index (χ2v) is 5.99. The molecule has 0 aromatic rings. The first-order valence-corrected chi connectivity index (χ1v) is 7.54. The van der Waals surface area contributed by atoms with Crippen LogP contribution in [-0.4, -0.2) is 43.4 Å². The maximum Gasteiger partial charge on any atom is 0.220 e. The van der Waals surface area contributed by atoms with Gasteiger partial charge in [0.2, 0.25) is 5.91 Å². The number of carbonyl (C=O) groups excluding carboxylic acids is 1. The molecule has 2 saturated heterocycles. The van der Waals surface area contributed by atoms with Crippen molar-refractivity contribution in [3.8, 4) is 0 Å². The predicted octanol–water partition coefficient (Wildman–Crippen LogP) is 0.566. The van der Waals surface area contributed by atoms with Crippen LogP contribution in [0.3, 0.4) is 0 Å². The van der Waals surface area contributed by atoms with Crippen molar-refractivity contribution in [2.24, 2.45) is 11.7 Å². The molecule has 1 saturated carbocycles. The second-order valence-electron chi connectivity index (χ2n) is 5.99. The molecule has 2 heterocycles. The molecule has 108 valence electrons. The summed E-state index contributed by atoms with van der Waals surface area (Å²) in [6.07, 6.45) is 6.28. The molecule has 5 unspecified atom stereocenters. The van der Waals surface area contributed by atoms with Gasteiger partial charge in [-0.3, -0.25) is 4.79 Å². The Kier molecular flexibility index (Phi) is 4.05. The summed E-state index contributed by atoms with van der Waals surface area (Å²) in [6, 6.07) is 0.0923. The van der Waals surface area contributed by atoms with Crippen molar-refractivity contribution >= 4 is 5.91 Å². The van der Waals surface area contributed by atoms with Crippen LogP contribution >= 0.6 is 0 Å². The van der Waals surface area contributed by atoms with Crippen LogP contribution in [0.1, 0.15) is 38.5 Å². The molecule has 5 heteroatoms. The smallest absolute Gasteiger partial charge is 0.220 e. The van der Waals surface area contributed by atoms with E-state index in [1.165, 1.54) is 6.42 Å². The average Bonchev–Trinajstić information content (AvgIpc) is 2.88. The first-order chi connectivity index (χ1) is 9.25. The first-order valence-electron chi connectivity index (χ1n) is 7.54. The van der Waals surface area contributed by atoms with Gasteiger partial charge in [-0.1, -0.05) is 0 Å². The molecule has 3 rings (SSSR count). The Balaban J connectivity index is 1.39. The van der Waals surface area contributed by atoms with Crippen molar-refractivity contribution in [3.63, 3.8) is 0 Å². The number of rotatable bonds is 4. The van der Waals surface area contributed by atoms with Crippen molar-refractivity contribution in [3.05, 3.63) is 0 Å². The van der Waals surface area contributed by atoms with Crippen molar-refractivity contribution in [2.75, 3.05) is 13.2 Å². The number of fused-ring (bicyclic) bond motifs is 1. The molecule has 0 radical (unpaired) electrons. The Hall–Kier alpha value is -0.650. The number of carbonyl (C=O) groups is 1. The van der Waals surface area contributed by atoms with E-state index in [1.54, 1.807) is 0 Å². The third kappa shape index (κ3) is 2.78. The summed E-state index contributed by atoms with van der Waals surface area (Å²) in [5.41, 5.74) is 6.08. The number of nitrogens with two attached hydrogens (primary N) is 1. The number of hydrogen-bond acceptors (Lipinski definition) is 4. The highest BCUT2D eigenvalue weighted by atomic mass is 16.5. The van der Waals surface area contributed by atoms with Crippen molar-refractivity contribution in [1.29, 1.82) is 0 Å². The number of amides is 1. The van der Waals surface area contributed by atoms with Gasteiger partial charge in [0.15, 0.2) is 0 Å². The quantitative estimate of drug-likeness (QED) is 0.781. The molecule has 19 heavy (non-hydrogen) atoms. The van der Waals surface area contributed by atoms with Crippen LogP contribution in [-0.2, 0) is 14.3 Å². The molecule has 0 aromatic carbocycles. The lowest BCUT2D eigenvalue weighted by molar-refractivity contribution is -0.126. The molecule has 3 N–H and O–H groups in total. The zero-order valence-corrected chi connectivity index (χ0v) is 11.3. The average molecular weight is 268 g/mol. The lowest BCUT2D eigenvalue weighted by atomic mass is 9.72. The summed E-state index contributed by atoms with van der Waals surface area (Å²) >= 11 is 0. The molecular weight excluding hydrogens is 244 g/mol. The van der Waals surface area contributed by atoms with Gasteiger partial charge < -0.3 is 20.5 Å². The summed E-state index contributed by atoms with van der Waals surface area (Å²) < 4.78 is 11.2. The van der Waals surface area contributed by atoms with Crippen LogP contribution in [0.25, 0.3) is 0 Å². The van der Waals surface area contributed by atoms with E-state index in [0.29, 0.717) is 12.3 Å². The van der Waals surface area contributed by atoms with Crippen LogP contribution in [0.4, 0.5) is 0 Å². The fraction of sp³-hybridized carbons (Fsp3) is 0.929. The number of ether oxygens (including phenoxy) is 2. The third-order valence-corrected chi connectivity index (χ3v) is 4.74. The van der Waals surface area contributed by atoms with E-state index in [4.69, 9.17) is 15.2 Å². The van der Waals surface area contributed by atoms with Gasteiger partial charge in [-0.15, -0.1) is 0 Å². The Morgan fingerprint density at radius 2 is 2.11 bits per heavy atom. The molecule has 3 aliphatic rings. The van der Waals surface area contributed by atoms with Gasteiger partial charge in [0, 0.05) is 31.6 Å². The first kappa shape index (κ1) is 13.3. The van der Waals surface area contributed by atoms with Gasteiger partial charge in [-0.05, 0) is 32.1 Å². The van der Waals surface area contributed by atoms with Gasteiger partial charge >= 0.3 is 0 Å². The van der Waals surface area contributed by atoms with Gasteiger partial charge in [-0.25, -0.2) is 0 Å². The maximum atomic E-state index is 11.9. The minimum absolute atomic E-state index is 0.0206. The summed E-state index contributed by atoms with van der Waals surface area (Å²) in [4.78, 5) is 11.9. The standard InChI is InChI=1S/C14H24N2O3/c15-12-10-6-8-19-14(10)13(12)16-11(17)5-4-9-3-1-2-7-18-9/h9-10,12-14H,1-8,15H2,(H,16,17). The van der Waals surface area contributed by atoms with Gasteiger partial charge in [-0.2, -0.15) is 0 Å². The predicted molar refractivity (Wildman–Crippen MR) is 70.6 cm³/mol. The highest BCUT2D eigenvalue weighted by molar-refractivity contribution is 5.76. The molecular formula is C14H24N2O3. The fourth-order valence-corrected chi connectivity index (χ4v) is 3.51. The van der Waals surface area contributed by atoms with Crippen molar-refractivity contribution in [2.45, 2.75) is 62.8 Å². The third-order valence-electron chi connectivity index (χ3n) is 4.74. The SMILES string of the molecule is NC1C2CCOC2C1NC(=O)CCC1CCCCO1. The number of hydrogen-bond donors (Lipinski definition) is 2. The number of nitrogens with one attached hydrogen (secondary N) is 1. The Morgan fingerprint density at radius 1 is 1.21 bits per heavy atom. The van der Waals surface area contributed by atoms with Crippen molar-refractivity contribution < 1.29 is 14.3 Å². The molecule has 1 amide bonds. The van der Waals surface area contributed by atoms with Crippen LogP contribution in [0, 0.1) is 5.92 Å². The summed E-state index contributed by atoms with van der Waals surface area (Å²) in [6.45, 7) is 1.63. The van der Waals surface area contributed by atoms with E-state index in [0.717, 1.165) is 38.9 Å². The maximum absolute atomic E-state index is 11.9. The van der Waals surface area contributed by atoms with E-state index in [2.05, 4.69) is 5.32 Å². The highest BCUT2D eigenvalue weighted by Gasteiger charge is 2.52. The monoisotopic (exact) mass is 268 g/mol. The molecule has 0 bridgehead atoms. The zero-order valence-electron chi connectivity index (χ0n) is 11.3. The van der Waals surface area contributed by atoms with Gasteiger partial charge in [0.1, 0.15) is 0 Å². The topological polar surface area (TPSA) is 73.6 Å². The summed E-state index contributed by atoms with van der Waals surface area (Å²) in [5, 5.41) is 3.03. The Morgan fingerprint density at radius 3 is 2.89 bits per heavy atom. The minimum Gasteiger partial charge on any atom is -0.378 e. The molecule has 1 aliphatic carbocycles. The van der Waals surface area contributed by atoms with E-state index < -0.39 is 0 Å². The van der Waals surface area contributed by atoms with E-state index in [9.17, 15) is 4.79 Å². The Labute approximate surface area is 114 Å². The van der Waals surface area contributed by atoms with Gasteiger partial charge in [0.05, 0.1) is 18.2 Å². The van der Waals surface area contributed by atoms with Crippen LogP contribution < -0.4 is 11.1 Å². The largest absolute Gasteiger partial charge is 0.378 e. The molecule has 5 atom stereocenters. The van der Waals surface area contributed by atoms with Crippen LogP contribution in [0.2, 0.25) is 0 Å². The van der Waals surface area contributed by atoms with E-state index in [1.807, 2.05) is 0 Å². The summed E-state index contributed by atoms with van der Waals surface area (Å²) in [7, 11) is 0. The molecule has 0 aromatic heterocycles. The fourth-order valence-electron chi connectivity index (χ4n) is 3.51. The lowest BCUT2D eigenvalue weighted by Gasteiger charge is -2.45. The second kappa shape index (κ2) is 5.77. The molecule has 3 fully saturated rings. The lowest BCUT2D eigenvalue weighted by Crippen LogP contribution is -2.68.